The molecule has 1 unspecified atom stereocenters. The number of benzene rings is 18. The quantitative estimate of drug-likeness (QED) is 0.112. The number of nitrogens with zero attached hydrogens (tertiary/aromatic N) is 15. The monoisotopic (exact) mass is 1830 g/mol. The summed E-state index contributed by atoms with van der Waals surface area (Å²) < 4.78 is 6.84. The zero-order valence-electron chi connectivity index (χ0n) is 78.6. The van der Waals surface area contributed by atoms with Crippen molar-refractivity contribution in [1.29, 1.82) is 15.8 Å². The molecule has 6 aromatic heterocycles. The predicted molar refractivity (Wildman–Crippen MR) is 574 cm³/mol. The molecule has 0 aliphatic heterocycles. The Morgan fingerprint density at radius 1 is 0.224 bits per heavy atom. The Morgan fingerprint density at radius 3 is 0.958 bits per heavy atom. The first-order valence-electron chi connectivity index (χ1n) is 48.0. The average Bonchev–Trinajstić information content (AvgIpc) is 1.54. The Balaban J connectivity index is 0.000000113. The Bertz CT molecular complexity index is 9280. The minimum absolute atomic E-state index is 0.0965. The van der Waals surface area contributed by atoms with Crippen LogP contribution in [0.25, 0.3) is 218 Å². The van der Waals surface area contributed by atoms with Crippen molar-refractivity contribution in [2.45, 2.75) is 51.4 Å². The summed E-state index contributed by atoms with van der Waals surface area (Å²) in [6.07, 6.45) is 0. The predicted octanol–water partition coefficient (Wildman–Crippen LogP) is 30.3. The van der Waals surface area contributed by atoms with Crippen LogP contribution in [-0.2, 0) is 10.8 Å². The SMILES string of the molecule is CC1(C)c2ccccc2-c2cc3c(cc21)c1ccccc1n3-c1ccc(-c2nc(-c3ccccc3)nc(-c3ccccc3)n2)c(C#N)c1.CC1(C)c2ccccc2-c2ccc3c(c21)c1ccccc1n3-c1ccc(-c2nc(-c3ccccc3)nc(-c3ccccc3)n2)c(C#N)c1.CC1c2ccccc2-c2c1ccc1c2c2ccccc2n1-c1ccc(-c2nc(-c3ccccc3)nc(-c3ccccc3)n2)c(C#N)c1. The molecule has 0 fully saturated rings. The van der Waals surface area contributed by atoms with E-state index in [1.807, 2.05) is 218 Å². The van der Waals surface area contributed by atoms with Crippen LogP contribution in [-0.4, -0.2) is 58.6 Å². The lowest BCUT2D eigenvalue weighted by Gasteiger charge is -2.22. The molecule has 0 saturated heterocycles. The molecule has 0 saturated carbocycles. The van der Waals surface area contributed by atoms with Crippen molar-refractivity contribution < 1.29 is 0 Å². The lowest BCUT2D eigenvalue weighted by Crippen LogP contribution is -2.15. The summed E-state index contributed by atoms with van der Waals surface area (Å²) in [6, 6.07) is 150. The summed E-state index contributed by atoms with van der Waals surface area (Å²) in [5, 5.41) is 38.9. The van der Waals surface area contributed by atoms with E-state index in [4.69, 9.17) is 44.9 Å². The van der Waals surface area contributed by atoms with Crippen LogP contribution in [0.3, 0.4) is 0 Å². The van der Waals surface area contributed by atoms with Gasteiger partial charge in [0.2, 0.25) is 0 Å². The van der Waals surface area contributed by atoms with Gasteiger partial charge in [-0.15, -0.1) is 0 Å². The van der Waals surface area contributed by atoms with Crippen molar-refractivity contribution in [2.24, 2.45) is 0 Å². The number of para-hydroxylation sites is 3. The largest absolute Gasteiger partial charge is 0.309 e. The van der Waals surface area contributed by atoms with Gasteiger partial charge in [-0.05, 0) is 164 Å². The van der Waals surface area contributed by atoms with Gasteiger partial charge in [0.25, 0.3) is 0 Å². The molecule has 0 amide bonds. The van der Waals surface area contributed by atoms with Gasteiger partial charge in [0.1, 0.15) is 0 Å². The highest BCUT2D eigenvalue weighted by molar-refractivity contribution is 6.19. The fourth-order valence-electron chi connectivity index (χ4n) is 22.0. The van der Waals surface area contributed by atoms with Gasteiger partial charge >= 0.3 is 0 Å². The van der Waals surface area contributed by atoms with Gasteiger partial charge in [-0.25, -0.2) is 44.9 Å². The van der Waals surface area contributed by atoms with Crippen molar-refractivity contribution in [2.75, 3.05) is 0 Å². The topological polar surface area (TPSA) is 202 Å². The molecule has 3 aliphatic rings. The van der Waals surface area contributed by atoms with Crippen molar-refractivity contribution in [1.82, 2.24) is 58.6 Å². The maximum atomic E-state index is 10.6. The summed E-state index contributed by atoms with van der Waals surface area (Å²) in [6.45, 7) is 11.6. The maximum absolute atomic E-state index is 10.6. The van der Waals surface area contributed by atoms with Crippen LogP contribution in [0.2, 0.25) is 0 Å². The molecule has 0 radical (unpaired) electrons. The Kier molecular flexibility index (Phi) is 20.7. The molecule has 3 aliphatic carbocycles. The van der Waals surface area contributed by atoms with Gasteiger partial charge < -0.3 is 13.7 Å². The Labute approximate surface area is 825 Å². The van der Waals surface area contributed by atoms with E-state index >= 15 is 0 Å². The van der Waals surface area contributed by atoms with Crippen LogP contribution in [0, 0.1) is 34.0 Å². The van der Waals surface area contributed by atoms with E-state index in [-0.39, 0.29) is 10.8 Å². The third kappa shape index (κ3) is 14.3. The molecule has 0 bridgehead atoms. The molecule has 15 nitrogen and oxygen atoms in total. The van der Waals surface area contributed by atoms with Crippen molar-refractivity contribution >= 4 is 65.4 Å². The molecule has 15 heteroatoms. The zero-order valence-corrected chi connectivity index (χ0v) is 78.6. The number of nitriles is 3. The van der Waals surface area contributed by atoms with Crippen LogP contribution in [0.1, 0.15) is 90.6 Å². The Morgan fingerprint density at radius 2 is 0.538 bits per heavy atom. The highest BCUT2D eigenvalue weighted by atomic mass is 15.1. The molecule has 1 atom stereocenters. The van der Waals surface area contributed by atoms with E-state index in [0.29, 0.717) is 91.7 Å². The summed E-state index contributed by atoms with van der Waals surface area (Å²) in [4.78, 5) is 43.8. The molecule has 27 rings (SSSR count). The van der Waals surface area contributed by atoms with Gasteiger partial charge in [-0.2, -0.15) is 15.8 Å². The lowest BCUT2D eigenvalue weighted by atomic mass is 9.80. The van der Waals surface area contributed by atoms with Crippen molar-refractivity contribution in [3.05, 3.63) is 469 Å². The second-order valence-corrected chi connectivity index (χ2v) is 37.6. The number of hydrogen-bond acceptors (Lipinski definition) is 12. The fraction of sp³-hybridized carbons (Fsp3) is 0.0625. The van der Waals surface area contributed by atoms with Gasteiger partial charge in [-0.1, -0.05) is 356 Å². The van der Waals surface area contributed by atoms with Gasteiger partial charge in [0, 0.05) is 116 Å². The molecular formula is C128H85N15. The van der Waals surface area contributed by atoms with Gasteiger partial charge in [0.15, 0.2) is 52.4 Å². The normalized spacial score (nSPS) is 13.1. The van der Waals surface area contributed by atoms with Crippen LogP contribution >= 0.6 is 0 Å². The molecule has 6 heterocycles. The molecular weight excluding hydrogens is 1750 g/mol. The molecule has 672 valence electrons. The van der Waals surface area contributed by atoms with Gasteiger partial charge in [-0.3, -0.25) is 0 Å². The van der Waals surface area contributed by atoms with Crippen LogP contribution in [0.5, 0.6) is 0 Å². The van der Waals surface area contributed by atoms with Crippen LogP contribution in [0.4, 0.5) is 0 Å². The summed E-state index contributed by atoms with van der Waals surface area (Å²) in [5.74, 6) is 5.10. The van der Waals surface area contributed by atoms with Gasteiger partial charge in [0.05, 0.1) is 68.0 Å². The summed E-state index contributed by atoms with van der Waals surface area (Å²) in [5.41, 5.74) is 33.8. The highest BCUT2D eigenvalue weighted by Crippen LogP contribution is 2.56. The van der Waals surface area contributed by atoms with E-state index < -0.39 is 0 Å². The molecule has 0 N–H and O–H groups in total. The smallest absolute Gasteiger partial charge is 0.165 e. The molecule has 24 aromatic rings. The number of hydrogen-bond donors (Lipinski definition) is 0. The zero-order chi connectivity index (χ0) is 96.3. The minimum Gasteiger partial charge on any atom is -0.309 e. The minimum atomic E-state index is -0.159. The molecule has 0 spiro atoms. The second-order valence-electron chi connectivity index (χ2n) is 37.6. The third-order valence-electron chi connectivity index (χ3n) is 28.7. The van der Waals surface area contributed by atoms with Crippen molar-refractivity contribution in [3.8, 4) is 171 Å². The lowest BCUT2D eigenvalue weighted by molar-refractivity contribution is 0.661. The van der Waals surface area contributed by atoms with E-state index in [2.05, 4.69) is 267 Å². The summed E-state index contributed by atoms with van der Waals surface area (Å²) in [7, 11) is 0. The second kappa shape index (κ2) is 34.5. The first-order chi connectivity index (χ1) is 70.2. The fourth-order valence-corrected chi connectivity index (χ4v) is 22.0. The number of aromatic nitrogens is 12. The highest BCUT2D eigenvalue weighted by Gasteiger charge is 2.40. The van der Waals surface area contributed by atoms with Crippen LogP contribution < -0.4 is 0 Å². The van der Waals surface area contributed by atoms with E-state index in [9.17, 15) is 15.8 Å². The van der Waals surface area contributed by atoms with E-state index in [1.54, 1.807) is 0 Å². The number of rotatable bonds is 12. The number of fused-ring (bicyclic) bond motifs is 20. The van der Waals surface area contributed by atoms with Crippen molar-refractivity contribution in [3.63, 3.8) is 0 Å². The third-order valence-corrected chi connectivity index (χ3v) is 28.7. The molecule has 143 heavy (non-hydrogen) atoms. The first-order valence-corrected chi connectivity index (χ1v) is 48.0. The molecule has 18 aromatic carbocycles. The van der Waals surface area contributed by atoms with Crippen LogP contribution in [0.15, 0.2) is 419 Å². The standard InChI is InChI=1S/2C43H29N5.C42H27N5/c1-43(2)36-19-11-9-17-32(36)34-25-39-35(24-37(34)43)33-18-10-12-20-38(33)48(39)30-21-22-31(29(23-30)26-44)42-46-40(27-13-5-3-6-14-27)45-41(47-42)28-15-7-4-8-16-28;1-43(2)35-19-11-9-17-32(35)33-23-24-37-38(39(33)43)34-18-10-12-20-36(34)48(37)30-21-22-31(29(25-30)26-44)42-46-40(27-13-5-3-6-14-27)45-41(47-42)28-15-7-4-8-16-28;1-26-31-16-8-9-17-34(31)38-32(26)22-23-37-39(38)35-18-10-11-19-36(35)47(37)30-20-21-33(29(24-30)25-43)42-45-40(27-12-4-2-5-13-27)44-41(46-42)28-14-6-3-7-15-28/h2*3-25H,1-2H3;2-24,26H,1H3. The first kappa shape index (κ1) is 85.5. The maximum Gasteiger partial charge on any atom is 0.165 e. The Hall–Kier alpha value is -19.1. The van der Waals surface area contributed by atoms with E-state index in [1.165, 1.54) is 99.1 Å². The average molecular weight is 1830 g/mol. The van der Waals surface area contributed by atoms with E-state index in [0.717, 1.165) is 83.5 Å². The summed E-state index contributed by atoms with van der Waals surface area (Å²) >= 11 is 0.